The second-order valence-electron chi connectivity index (χ2n) is 3.24. The highest BCUT2D eigenvalue weighted by Gasteiger charge is 2.25. The molecule has 0 aliphatic carbocycles. The van der Waals surface area contributed by atoms with Crippen molar-refractivity contribution in [2.75, 3.05) is 13.7 Å². The van der Waals surface area contributed by atoms with Crippen molar-refractivity contribution in [3.05, 3.63) is 23.4 Å². The Balaban J connectivity index is 2.85. The number of ether oxygens (including phenoxy) is 1. The van der Waals surface area contributed by atoms with Gasteiger partial charge in [0.2, 0.25) is 0 Å². The van der Waals surface area contributed by atoms with Crippen LogP contribution in [0.5, 0.6) is 0 Å². The van der Waals surface area contributed by atoms with Crippen LogP contribution in [-0.4, -0.2) is 33.0 Å². The predicted molar refractivity (Wildman–Crippen MR) is 68.1 cm³/mol. The van der Waals surface area contributed by atoms with E-state index in [1.165, 1.54) is 12.6 Å². The number of hydrogen-bond acceptors (Lipinski definition) is 6. The van der Waals surface area contributed by atoms with E-state index in [2.05, 4.69) is 14.4 Å². The molecule has 0 spiro atoms. The first-order valence-electron chi connectivity index (χ1n) is 5.15. The number of methoxy groups -OCH3 is 1. The van der Waals surface area contributed by atoms with Gasteiger partial charge >= 0.3 is 5.97 Å². The molecule has 18 heavy (non-hydrogen) atoms. The van der Waals surface area contributed by atoms with Crippen LogP contribution >= 0.6 is 11.3 Å². The van der Waals surface area contributed by atoms with E-state index in [9.17, 15) is 13.2 Å². The highest BCUT2D eigenvalue weighted by molar-refractivity contribution is 7.91. The first-order chi connectivity index (χ1) is 8.53. The van der Waals surface area contributed by atoms with Gasteiger partial charge in [-0.3, -0.25) is 0 Å². The third kappa shape index (κ3) is 3.62. The molecule has 0 saturated carbocycles. The van der Waals surface area contributed by atoms with Crippen molar-refractivity contribution in [2.24, 2.45) is 0 Å². The first kappa shape index (κ1) is 14.8. The SMILES string of the molecule is C/C=C/CCNS(=O)(=O)c1scnc1C(=O)OC. The molecule has 0 aromatic carbocycles. The summed E-state index contributed by atoms with van der Waals surface area (Å²) in [5.74, 6) is -0.759. The van der Waals surface area contributed by atoms with E-state index in [0.29, 0.717) is 6.42 Å². The molecule has 1 aromatic heterocycles. The van der Waals surface area contributed by atoms with Gasteiger partial charge in [0.05, 0.1) is 12.6 Å². The van der Waals surface area contributed by atoms with Crippen molar-refractivity contribution in [1.29, 1.82) is 0 Å². The minimum Gasteiger partial charge on any atom is -0.464 e. The normalized spacial score (nSPS) is 11.9. The number of allylic oxidation sites excluding steroid dienone is 1. The molecule has 0 unspecified atom stereocenters. The first-order valence-corrected chi connectivity index (χ1v) is 7.52. The van der Waals surface area contributed by atoms with Crippen molar-refractivity contribution >= 4 is 27.3 Å². The third-order valence-electron chi connectivity index (χ3n) is 2.00. The molecule has 0 saturated heterocycles. The van der Waals surface area contributed by atoms with Crippen LogP contribution in [-0.2, 0) is 14.8 Å². The summed E-state index contributed by atoms with van der Waals surface area (Å²) in [6.45, 7) is 2.12. The van der Waals surface area contributed by atoms with Gasteiger partial charge in [0.1, 0.15) is 0 Å². The third-order valence-corrected chi connectivity index (χ3v) is 4.83. The molecule has 0 aliphatic rings. The molecule has 8 heteroatoms. The molecule has 0 fully saturated rings. The largest absolute Gasteiger partial charge is 0.464 e. The maximum absolute atomic E-state index is 11.9. The second kappa shape index (κ2) is 6.62. The van der Waals surface area contributed by atoms with E-state index < -0.39 is 16.0 Å². The number of nitrogens with one attached hydrogen (secondary N) is 1. The van der Waals surface area contributed by atoms with E-state index >= 15 is 0 Å². The van der Waals surface area contributed by atoms with E-state index in [1.54, 1.807) is 0 Å². The average molecular weight is 290 g/mol. The maximum Gasteiger partial charge on any atom is 0.358 e. The zero-order valence-corrected chi connectivity index (χ0v) is 11.7. The molecular weight excluding hydrogens is 276 g/mol. The molecule has 0 amide bonds. The van der Waals surface area contributed by atoms with Gasteiger partial charge in [0.15, 0.2) is 9.90 Å². The van der Waals surface area contributed by atoms with Crippen LogP contribution in [0.25, 0.3) is 0 Å². The van der Waals surface area contributed by atoms with Gasteiger partial charge in [-0.2, -0.15) is 0 Å². The monoisotopic (exact) mass is 290 g/mol. The lowest BCUT2D eigenvalue weighted by molar-refractivity contribution is 0.0590. The predicted octanol–water partition coefficient (Wildman–Crippen LogP) is 1.17. The Morgan fingerprint density at radius 1 is 1.61 bits per heavy atom. The van der Waals surface area contributed by atoms with Gasteiger partial charge in [-0.25, -0.2) is 22.9 Å². The minimum atomic E-state index is -3.71. The Labute approximate surface area is 110 Å². The lowest BCUT2D eigenvalue weighted by atomic mass is 10.4. The van der Waals surface area contributed by atoms with Crippen molar-refractivity contribution in [2.45, 2.75) is 17.6 Å². The molecule has 0 atom stereocenters. The smallest absolute Gasteiger partial charge is 0.358 e. The molecule has 100 valence electrons. The molecule has 1 rings (SSSR count). The Morgan fingerprint density at radius 3 is 2.94 bits per heavy atom. The molecule has 6 nitrogen and oxygen atoms in total. The fraction of sp³-hybridized carbons (Fsp3) is 0.400. The highest BCUT2D eigenvalue weighted by atomic mass is 32.2. The summed E-state index contributed by atoms with van der Waals surface area (Å²) in [5.41, 5.74) is 1.12. The summed E-state index contributed by atoms with van der Waals surface area (Å²) in [6, 6.07) is 0. The summed E-state index contributed by atoms with van der Waals surface area (Å²) >= 11 is 0.884. The fourth-order valence-corrected chi connectivity index (χ4v) is 3.39. The molecule has 1 N–H and O–H groups in total. The van der Waals surface area contributed by atoms with Crippen molar-refractivity contribution in [3.63, 3.8) is 0 Å². The number of sulfonamides is 1. The summed E-state index contributed by atoms with van der Waals surface area (Å²) in [6.07, 6.45) is 4.26. The number of hydrogen-bond donors (Lipinski definition) is 1. The molecule has 0 bridgehead atoms. The molecule has 1 aromatic rings. The number of thiazole rings is 1. The van der Waals surface area contributed by atoms with E-state index in [-0.39, 0.29) is 16.4 Å². The number of nitrogens with zero attached hydrogens (tertiary/aromatic N) is 1. The Hall–Kier alpha value is -1.25. The standard InChI is InChI=1S/C10H14N2O4S2/c1-3-4-5-6-12-18(14,15)10-8(9(13)16-2)11-7-17-10/h3-4,7,12H,5-6H2,1-2H3/b4-3+. The van der Waals surface area contributed by atoms with Crippen molar-refractivity contribution in [1.82, 2.24) is 9.71 Å². The van der Waals surface area contributed by atoms with Crippen LogP contribution in [0, 0.1) is 0 Å². The molecule has 0 radical (unpaired) electrons. The van der Waals surface area contributed by atoms with Crippen LogP contribution < -0.4 is 4.72 Å². The van der Waals surface area contributed by atoms with Gasteiger partial charge in [-0.1, -0.05) is 12.2 Å². The summed E-state index contributed by atoms with van der Waals surface area (Å²) in [4.78, 5) is 15.0. The summed E-state index contributed by atoms with van der Waals surface area (Å²) in [5, 5.41) is 0. The Kier molecular flexibility index (Phi) is 5.45. The molecule has 0 aliphatic heterocycles. The summed E-state index contributed by atoms with van der Waals surface area (Å²) in [7, 11) is -2.53. The van der Waals surface area contributed by atoms with Crippen LogP contribution in [0.1, 0.15) is 23.8 Å². The number of aromatic nitrogens is 1. The summed E-state index contributed by atoms with van der Waals surface area (Å²) < 4.78 is 30.6. The van der Waals surface area contributed by atoms with E-state index in [1.807, 2.05) is 19.1 Å². The van der Waals surface area contributed by atoms with Crippen LogP contribution in [0.15, 0.2) is 21.9 Å². The maximum atomic E-state index is 11.9. The quantitative estimate of drug-likeness (QED) is 0.483. The second-order valence-corrected chi connectivity index (χ2v) is 6.05. The highest BCUT2D eigenvalue weighted by Crippen LogP contribution is 2.20. The van der Waals surface area contributed by atoms with Crippen LogP contribution in [0.4, 0.5) is 0 Å². The van der Waals surface area contributed by atoms with E-state index in [4.69, 9.17) is 0 Å². The lowest BCUT2D eigenvalue weighted by Gasteiger charge is -2.04. The van der Waals surface area contributed by atoms with Crippen molar-refractivity contribution < 1.29 is 17.9 Å². The number of rotatable bonds is 6. The van der Waals surface area contributed by atoms with Crippen LogP contribution in [0.3, 0.4) is 0 Å². The number of carbonyl (C=O) groups excluding carboxylic acids is 1. The van der Waals surface area contributed by atoms with Crippen molar-refractivity contribution in [3.8, 4) is 0 Å². The number of esters is 1. The molecular formula is C10H14N2O4S2. The van der Waals surface area contributed by atoms with Gasteiger partial charge in [0.25, 0.3) is 10.0 Å². The fourth-order valence-electron chi connectivity index (χ4n) is 1.17. The van der Waals surface area contributed by atoms with E-state index in [0.717, 1.165) is 11.3 Å². The zero-order chi connectivity index (χ0) is 13.6. The Bertz CT molecular complexity index is 534. The number of carbonyl (C=O) groups is 1. The van der Waals surface area contributed by atoms with Gasteiger partial charge in [-0.05, 0) is 13.3 Å². The molecule has 1 heterocycles. The minimum absolute atomic E-state index is 0.116. The average Bonchev–Trinajstić information content (AvgIpc) is 2.83. The van der Waals surface area contributed by atoms with Gasteiger partial charge < -0.3 is 4.74 Å². The zero-order valence-electron chi connectivity index (χ0n) is 10.0. The Morgan fingerprint density at radius 2 is 2.33 bits per heavy atom. The lowest BCUT2D eigenvalue weighted by Crippen LogP contribution is -2.25. The topological polar surface area (TPSA) is 85.4 Å². The van der Waals surface area contributed by atoms with Gasteiger partial charge in [0, 0.05) is 6.54 Å². The van der Waals surface area contributed by atoms with Crippen LogP contribution in [0.2, 0.25) is 0 Å². The van der Waals surface area contributed by atoms with Gasteiger partial charge in [-0.15, -0.1) is 11.3 Å².